The zero-order valence-electron chi connectivity index (χ0n) is 19.8. The fourth-order valence-electron chi connectivity index (χ4n) is 2.81. The molecule has 35 heavy (non-hydrogen) atoms. The maximum atomic E-state index is 12.3. The topological polar surface area (TPSA) is 131 Å². The van der Waals surface area contributed by atoms with E-state index in [0.717, 1.165) is 12.1 Å². The molecule has 0 heterocycles. The van der Waals surface area contributed by atoms with Crippen LogP contribution in [0.4, 0.5) is 5.69 Å². The van der Waals surface area contributed by atoms with Crippen LogP contribution in [0.3, 0.4) is 0 Å². The third-order valence-corrected chi connectivity index (χ3v) is 4.91. The number of amides is 3. The molecule has 0 aromatic heterocycles. The monoisotopic (exact) mass is 476 g/mol. The summed E-state index contributed by atoms with van der Waals surface area (Å²) in [5.41, 5.74) is 3.73. The maximum Gasteiger partial charge on any atom is 0.268 e. The molecule has 0 aliphatic heterocycles. The van der Waals surface area contributed by atoms with Crippen LogP contribution in [-0.4, -0.2) is 65.2 Å². The minimum absolute atomic E-state index is 0.0824. The summed E-state index contributed by atoms with van der Waals surface area (Å²) in [6.07, 6.45) is -1.20. The van der Waals surface area contributed by atoms with Gasteiger partial charge in [-0.25, -0.2) is 5.48 Å². The molecule has 0 saturated heterocycles. The van der Waals surface area contributed by atoms with E-state index in [0.29, 0.717) is 17.8 Å². The number of hydrogen-bond acceptors (Lipinski definition) is 6. The molecule has 2 atom stereocenters. The summed E-state index contributed by atoms with van der Waals surface area (Å²) in [5.74, 6) is 9.71. The number of nitrogens with zero attached hydrogens (tertiary/aromatic N) is 1. The Morgan fingerprint density at radius 3 is 2.00 bits per heavy atom. The molecule has 0 spiro atoms. The van der Waals surface area contributed by atoms with Gasteiger partial charge in [-0.1, -0.05) is 18.8 Å². The molecule has 0 bridgehead atoms. The van der Waals surface area contributed by atoms with Crippen molar-refractivity contribution in [2.45, 2.75) is 26.0 Å². The Kier molecular flexibility index (Phi) is 10.5. The van der Waals surface area contributed by atoms with Crippen LogP contribution in [0.1, 0.15) is 35.3 Å². The quantitative estimate of drug-likeness (QED) is 0.219. The summed E-state index contributed by atoms with van der Waals surface area (Å²) < 4.78 is 0. The summed E-state index contributed by atoms with van der Waals surface area (Å²) in [6.45, 7) is 4.41. The molecule has 5 N–H and O–H groups in total. The molecule has 0 fully saturated rings. The van der Waals surface area contributed by atoms with Gasteiger partial charge < -0.3 is 15.7 Å². The lowest BCUT2D eigenvalue weighted by Crippen LogP contribution is -2.51. The molecule has 0 radical (unpaired) electrons. The summed E-state index contributed by atoms with van der Waals surface area (Å²) in [5, 5.41) is 23.5. The first-order valence-electron chi connectivity index (χ1n) is 10.9. The average molecular weight is 477 g/mol. The van der Waals surface area contributed by atoms with Gasteiger partial charge in [-0.2, -0.15) is 0 Å². The molecule has 9 heteroatoms. The number of carbonyl (C=O) groups excluding carboxylic acids is 3. The first kappa shape index (κ1) is 27.1. The Hall–Kier alpha value is -4.15. The number of likely N-dealkylation sites (N-methyl/N-ethyl adjacent to an activating group) is 1. The highest BCUT2D eigenvalue weighted by molar-refractivity contribution is 5.97. The van der Waals surface area contributed by atoms with Gasteiger partial charge in [0.15, 0.2) is 0 Å². The molecule has 2 aromatic carbocycles. The Morgan fingerprint density at radius 2 is 1.51 bits per heavy atom. The molecule has 2 aromatic rings. The summed E-state index contributed by atoms with van der Waals surface area (Å²) >= 11 is 0. The van der Waals surface area contributed by atoms with Crippen molar-refractivity contribution in [2.75, 3.05) is 25.5 Å². The van der Waals surface area contributed by atoms with Crippen molar-refractivity contribution in [1.29, 1.82) is 0 Å². The SMILES string of the molecule is CCN(C)CC(=O)Nc1ccc(C#CC#Cc2ccc(C(=O)N[C@H](C(=O)NO)[C@@H](C)O)cc2)cc1. The second kappa shape index (κ2) is 13.5. The number of carbonyl (C=O) groups is 3. The number of benzene rings is 2. The van der Waals surface area contributed by atoms with Crippen LogP contribution < -0.4 is 16.1 Å². The van der Waals surface area contributed by atoms with E-state index in [4.69, 9.17) is 5.21 Å². The highest BCUT2D eigenvalue weighted by Gasteiger charge is 2.25. The van der Waals surface area contributed by atoms with Gasteiger partial charge >= 0.3 is 0 Å². The maximum absolute atomic E-state index is 12.3. The van der Waals surface area contributed by atoms with Crippen molar-refractivity contribution in [1.82, 2.24) is 15.7 Å². The molecule has 9 nitrogen and oxygen atoms in total. The van der Waals surface area contributed by atoms with Crippen molar-refractivity contribution in [3.8, 4) is 23.7 Å². The van der Waals surface area contributed by atoms with Crippen LogP contribution >= 0.6 is 0 Å². The number of hydrogen-bond donors (Lipinski definition) is 5. The Balaban J connectivity index is 1.95. The summed E-state index contributed by atoms with van der Waals surface area (Å²) in [4.78, 5) is 37.7. The Bertz CT molecular complexity index is 1150. The van der Waals surface area contributed by atoms with E-state index in [2.05, 4.69) is 34.3 Å². The van der Waals surface area contributed by atoms with E-state index >= 15 is 0 Å². The van der Waals surface area contributed by atoms with Crippen molar-refractivity contribution >= 4 is 23.4 Å². The fourth-order valence-corrected chi connectivity index (χ4v) is 2.81. The predicted molar refractivity (Wildman–Crippen MR) is 131 cm³/mol. The third-order valence-electron chi connectivity index (χ3n) is 4.91. The van der Waals surface area contributed by atoms with E-state index < -0.39 is 24.0 Å². The molecular formula is C26H28N4O5. The zero-order valence-corrected chi connectivity index (χ0v) is 19.8. The van der Waals surface area contributed by atoms with Crippen LogP contribution in [0.25, 0.3) is 0 Å². The molecule has 0 unspecified atom stereocenters. The number of aliphatic hydroxyl groups is 1. The molecule has 182 valence electrons. The second-order valence-corrected chi connectivity index (χ2v) is 7.70. The zero-order chi connectivity index (χ0) is 25.8. The molecule has 0 aliphatic rings. The van der Waals surface area contributed by atoms with Gasteiger partial charge in [0.1, 0.15) is 6.04 Å². The largest absolute Gasteiger partial charge is 0.391 e. The smallest absolute Gasteiger partial charge is 0.268 e. The van der Waals surface area contributed by atoms with Crippen LogP contribution in [0, 0.1) is 23.7 Å². The number of aliphatic hydroxyl groups excluding tert-OH is 1. The van der Waals surface area contributed by atoms with Gasteiger partial charge in [-0.05, 0) is 80.9 Å². The van der Waals surface area contributed by atoms with Crippen LogP contribution in [0.5, 0.6) is 0 Å². The van der Waals surface area contributed by atoms with E-state index in [9.17, 15) is 19.5 Å². The normalized spacial score (nSPS) is 11.7. The average Bonchev–Trinajstić information content (AvgIpc) is 2.85. The molecule has 2 rings (SSSR count). The second-order valence-electron chi connectivity index (χ2n) is 7.70. The highest BCUT2D eigenvalue weighted by atomic mass is 16.5. The van der Waals surface area contributed by atoms with Crippen LogP contribution in [0.15, 0.2) is 48.5 Å². The first-order valence-corrected chi connectivity index (χ1v) is 10.9. The van der Waals surface area contributed by atoms with Crippen molar-refractivity contribution < 1.29 is 24.7 Å². The van der Waals surface area contributed by atoms with E-state index in [1.165, 1.54) is 24.5 Å². The van der Waals surface area contributed by atoms with Crippen molar-refractivity contribution in [3.63, 3.8) is 0 Å². The minimum atomic E-state index is -1.30. The minimum Gasteiger partial charge on any atom is -0.391 e. The standard InChI is InChI=1S/C26H28N4O5/c1-4-30(3)17-23(32)27-22-15-11-20(12-16-22)8-6-5-7-19-9-13-21(14-10-19)25(33)28-24(18(2)31)26(34)29-35/h9-16,18,24,31,35H,4,17H2,1-3H3,(H,27,32)(H,28,33)(H,29,34)/t18-,24+/m1/s1. The van der Waals surface area contributed by atoms with E-state index in [1.807, 2.05) is 18.9 Å². The third kappa shape index (κ3) is 8.95. The fraction of sp³-hybridized carbons (Fsp3) is 0.269. The summed E-state index contributed by atoms with van der Waals surface area (Å²) in [7, 11) is 1.88. The molecule has 0 aliphatic carbocycles. The van der Waals surface area contributed by atoms with Gasteiger partial charge in [-0.3, -0.25) is 24.5 Å². The van der Waals surface area contributed by atoms with Gasteiger partial charge in [0, 0.05) is 22.4 Å². The van der Waals surface area contributed by atoms with E-state index in [1.54, 1.807) is 36.4 Å². The number of rotatable bonds is 8. The number of hydroxylamine groups is 1. The van der Waals surface area contributed by atoms with E-state index in [-0.39, 0.29) is 11.5 Å². The molecular weight excluding hydrogens is 448 g/mol. The molecule has 0 saturated carbocycles. The highest BCUT2D eigenvalue weighted by Crippen LogP contribution is 2.09. The predicted octanol–water partition coefficient (Wildman–Crippen LogP) is 0.965. The Labute approximate surface area is 204 Å². The van der Waals surface area contributed by atoms with Gasteiger partial charge in [0.25, 0.3) is 11.8 Å². The van der Waals surface area contributed by atoms with Gasteiger partial charge in [-0.15, -0.1) is 0 Å². The first-order chi connectivity index (χ1) is 16.7. The van der Waals surface area contributed by atoms with Gasteiger partial charge in [0.05, 0.1) is 12.6 Å². The van der Waals surface area contributed by atoms with Crippen LogP contribution in [0.2, 0.25) is 0 Å². The lowest BCUT2D eigenvalue weighted by molar-refractivity contribution is -0.133. The lowest BCUT2D eigenvalue weighted by Gasteiger charge is -2.19. The van der Waals surface area contributed by atoms with Gasteiger partial charge in [0.2, 0.25) is 5.91 Å². The van der Waals surface area contributed by atoms with Crippen molar-refractivity contribution in [2.24, 2.45) is 0 Å². The summed E-state index contributed by atoms with van der Waals surface area (Å²) in [6, 6.07) is 12.1. The lowest BCUT2D eigenvalue weighted by atomic mass is 10.1. The number of nitrogens with one attached hydrogen (secondary N) is 3. The van der Waals surface area contributed by atoms with Crippen LogP contribution in [-0.2, 0) is 9.59 Å². The van der Waals surface area contributed by atoms with Crippen molar-refractivity contribution in [3.05, 3.63) is 65.2 Å². The number of anilines is 1. The molecule has 3 amide bonds. The Morgan fingerprint density at radius 1 is 0.971 bits per heavy atom.